The Kier molecular flexibility index (Phi) is 5.60. The van der Waals surface area contributed by atoms with Gasteiger partial charge in [0.1, 0.15) is 11.6 Å². The molecule has 2 aromatic carbocycles. The van der Waals surface area contributed by atoms with Crippen LogP contribution in [-0.4, -0.2) is 28.7 Å². The van der Waals surface area contributed by atoms with Crippen LogP contribution in [0.15, 0.2) is 48.5 Å². The van der Waals surface area contributed by atoms with Gasteiger partial charge in [-0.1, -0.05) is 30.3 Å². The second kappa shape index (κ2) is 8.19. The number of rotatable bonds is 5. The predicted octanol–water partition coefficient (Wildman–Crippen LogP) is 4.68. The van der Waals surface area contributed by atoms with Crippen LogP contribution in [0.5, 0.6) is 0 Å². The third-order valence-corrected chi connectivity index (χ3v) is 6.04. The molecule has 30 heavy (non-hydrogen) atoms. The molecule has 0 radical (unpaired) electrons. The van der Waals surface area contributed by atoms with Crippen molar-refractivity contribution in [3.8, 4) is 0 Å². The zero-order chi connectivity index (χ0) is 21.3. The van der Waals surface area contributed by atoms with Crippen LogP contribution in [0.25, 0.3) is 11.0 Å². The first-order valence-corrected chi connectivity index (χ1v) is 10.5. The van der Waals surface area contributed by atoms with Gasteiger partial charge in [-0.15, -0.1) is 0 Å². The normalized spacial score (nSPS) is 17.2. The number of para-hydroxylation sites is 2. The molecule has 1 aliphatic rings. The monoisotopic (exact) mass is 409 g/mol. The van der Waals surface area contributed by atoms with Gasteiger partial charge in [-0.05, 0) is 51.8 Å². The Labute approximate surface area is 176 Å². The molecule has 1 amide bonds. The lowest BCUT2D eigenvalue weighted by atomic mass is 9.73. The quantitative estimate of drug-likeness (QED) is 0.666. The number of imidazole rings is 1. The molecule has 2 heterocycles. The Balaban J connectivity index is 1.69. The lowest BCUT2D eigenvalue weighted by Crippen LogP contribution is -2.49. The van der Waals surface area contributed by atoms with E-state index in [0.29, 0.717) is 31.6 Å². The summed E-state index contributed by atoms with van der Waals surface area (Å²) in [6, 6.07) is 14.4. The highest BCUT2D eigenvalue weighted by molar-refractivity contribution is 5.89. The van der Waals surface area contributed by atoms with Crippen molar-refractivity contribution < 1.29 is 13.9 Å². The van der Waals surface area contributed by atoms with Crippen molar-refractivity contribution in [3.05, 3.63) is 65.7 Å². The van der Waals surface area contributed by atoms with Gasteiger partial charge in [0.15, 0.2) is 0 Å². The first-order chi connectivity index (χ1) is 14.4. The first-order valence-electron chi connectivity index (χ1n) is 10.5. The fourth-order valence-corrected chi connectivity index (χ4v) is 4.50. The van der Waals surface area contributed by atoms with E-state index in [1.54, 1.807) is 18.2 Å². The Bertz CT molecular complexity index is 1050. The number of carbonyl (C=O) groups is 1. The number of benzene rings is 2. The number of fused-ring (bicyclic) bond motifs is 1. The maximum absolute atomic E-state index is 14.7. The maximum Gasteiger partial charge on any atom is 0.231 e. The summed E-state index contributed by atoms with van der Waals surface area (Å²) in [6.45, 7) is 7.00. The van der Waals surface area contributed by atoms with Crippen LogP contribution < -0.4 is 5.32 Å². The van der Waals surface area contributed by atoms with Crippen molar-refractivity contribution in [2.75, 3.05) is 13.2 Å². The summed E-state index contributed by atoms with van der Waals surface area (Å²) in [5.74, 6) is 0.276. The van der Waals surface area contributed by atoms with E-state index in [0.717, 1.165) is 16.9 Å². The number of aromatic nitrogens is 2. The van der Waals surface area contributed by atoms with E-state index in [1.807, 2.05) is 31.2 Å². The van der Waals surface area contributed by atoms with E-state index in [-0.39, 0.29) is 23.8 Å². The molecule has 5 nitrogen and oxygen atoms in total. The van der Waals surface area contributed by atoms with Crippen LogP contribution in [0.2, 0.25) is 0 Å². The predicted molar refractivity (Wildman–Crippen MR) is 115 cm³/mol. The Morgan fingerprint density at radius 2 is 1.77 bits per heavy atom. The highest BCUT2D eigenvalue weighted by atomic mass is 19.1. The molecule has 0 unspecified atom stereocenters. The van der Waals surface area contributed by atoms with Crippen molar-refractivity contribution in [3.63, 3.8) is 0 Å². The molecule has 0 bridgehead atoms. The Morgan fingerprint density at radius 1 is 1.10 bits per heavy atom. The molecule has 6 heteroatoms. The van der Waals surface area contributed by atoms with Gasteiger partial charge < -0.3 is 14.6 Å². The molecule has 1 N–H and O–H groups in total. The minimum absolute atomic E-state index is 0.175. The molecule has 0 saturated carbocycles. The van der Waals surface area contributed by atoms with Crippen molar-refractivity contribution in [1.82, 2.24) is 14.9 Å². The second-order valence-electron chi connectivity index (χ2n) is 8.29. The molecule has 3 aromatic rings. The molecule has 0 spiro atoms. The molecular formula is C24H28FN3O2. The standard InChI is InChI=1S/C24H28FN3O2/c1-16(2)28-21-11-7-6-10-20(21)27-22(28)17(3)26-23(29)24(12-14-30-15-13-24)18-8-4-5-9-19(18)25/h4-11,16-17H,12-15H2,1-3H3,(H,26,29)/t17-/m1/s1. The van der Waals surface area contributed by atoms with Crippen molar-refractivity contribution in [2.24, 2.45) is 0 Å². The zero-order valence-electron chi connectivity index (χ0n) is 17.7. The van der Waals surface area contributed by atoms with Crippen LogP contribution in [0.4, 0.5) is 4.39 Å². The third-order valence-electron chi connectivity index (χ3n) is 6.04. The fourth-order valence-electron chi connectivity index (χ4n) is 4.50. The summed E-state index contributed by atoms with van der Waals surface area (Å²) in [4.78, 5) is 18.4. The average Bonchev–Trinajstić information content (AvgIpc) is 3.14. The van der Waals surface area contributed by atoms with E-state index in [2.05, 4.69) is 23.7 Å². The summed E-state index contributed by atoms with van der Waals surface area (Å²) in [7, 11) is 0. The molecule has 1 atom stereocenters. The van der Waals surface area contributed by atoms with Crippen molar-refractivity contribution in [1.29, 1.82) is 0 Å². The van der Waals surface area contributed by atoms with Crippen LogP contribution >= 0.6 is 0 Å². The van der Waals surface area contributed by atoms with Crippen molar-refractivity contribution >= 4 is 16.9 Å². The minimum Gasteiger partial charge on any atom is -0.381 e. The number of ether oxygens (including phenoxy) is 1. The van der Waals surface area contributed by atoms with E-state index in [9.17, 15) is 9.18 Å². The summed E-state index contributed by atoms with van der Waals surface area (Å²) in [6.07, 6.45) is 0.903. The highest BCUT2D eigenvalue weighted by Crippen LogP contribution is 2.37. The van der Waals surface area contributed by atoms with E-state index >= 15 is 0 Å². The maximum atomic E-state index is 14.7. The third kappa shape index (κ3) is 3.49. The number of nitrogens with zero attached hydrogens (tertiary/aromatic N) is 2. The number of halogens is 1. The highest BCUT2D eigenvalue weighted by Gasteiger charge is 2.44. The lowest BCUT2D eigenvalue weighted by molar-refractivity contribution is -0.131. The molecule has 1 saturated heterocycles. The first kappa shape index (κ1) is 20.5. The summed E-state index contributed by atoms with van der Waals surface area (Å²) < 4.78 is 22.4. The minimum atomic E-state index is -0.938. The molecule has 1 aromatic heterocycles. The van der Waals surface area contributed by atoms with E-state index < -0.39 is 5.41 Å². The van der Waals surface area contributed by atoms with Gasteiger partial charge in [-0.3, -0.25) is 4.79 Å². The van der Waals surface area contributed by atoms with Gasteiger partial charge in [-0.25, -0.2) is 9.37 Å². The number of amides is 1. The molecule has 0 aliphatic carbocycles. The molecular weight excluding hydrogens is 381 g/mol. The van der Waals surface area contributed by atoms with Crippen LogP contribution in [0.1, 0.15) is 57.1 Å². The van der Waals surface area contributed by atoms with Gasteiger partial charge in [0.2, 0.25) is 5.91 Å². The summed E-state index contributed by atoms with van der Waals surface area (Å²) >= 11 is 0. The SMILES string of the molecule is CC(C)n1c([C@@H](C)NC(=O)C2(c3ccccc3F)CCOCC2)nc2ccccc21. The Morgan fingerprint density at radius 3 is 2.47 bits per heavy atom. The lowest BCUT2D eigenvalue weighted by Gasteiger charge is -2.37. The van der Waals surface area contributed by atoms with Gasteiger partial charge >= 0.3 is 0 Å². The zero-order valence-corrected chi connectivity index (χ0v) is 17.7. The van der Waals surface area contributed by atoms with Gasteiger partial charge in [0.05, 0.1) is 22.5 Å². The van der Waals surface area contributed by atoms with Crippen LogP contribution in [0.3, 0.4) is 0 Å². The molecule has 4 rings (SSSR count). The molecule has 158 valence electrons. The van der Waals surface area contributed by atoms with E-state index in [1.165, 1.54) is 6.07 Å². The number of hydrogen-bond acceptors (Lipinski definition) is 3. The summed E-state index contributed by atoms with van der Waals surface area (Å²) in [5, 5.41) is 3.14. The fraction of sp³-hybridized carbons (Fsp3) is 0.417. The average molecular weight is 410 g/mol. The number of hydrogen-bond donors (Lipinski definition) is 1. The summed E-state index contributed by atoms with van der Waals surface area (Å²) in [5.41, 5.74) is 1.44. The van der Waals surface area contributed by atoms with Crippen molar-refractivity contribution in [2.45, 2.75) is 51.1 Å². The topological polar surface area (TPSA) is 56.2 Å². The smallest absolute Gasteiger partial charge is 0.231 e. The van der Waals surface area contributed by atoms with Gasteiger partial charge in [0.25, 0.3) is 0 Å². The molecule has 1 fully saturated rings. The Hall–Kier alpha value is -2.73. The second-order valence-corrected chi connectivity index (χ2v) is 8.29. The van der Waals surface area contributed by atoms with Crippen LogP contribution in [-0.2, 0) is 14.9 Å². The molecule has 1 aliphatic heterocycles. The van der Waals surface area contributed by atoms with E-state index in [4.69, 9.17) is 9.72 Å². The van der Waals surface area contributed by atoms with Gasteiger partial charge in [0, 0.05) is 24.8 Å². The number of nitrogens with one attached hydrogen (secondary N) is 1. The largest absolute Gasteiger partial charge is 0.381 e. The van der Waals surface area contributed by atoms with Crippen LogP contribution in [0, 0.1) is 5.82 Å². The van der Waals surface area contributed by atoms with Gasteiger partial charge in [-0.2, -0.15) is 0 Å². The number of carbonyl (C=O) groups excluding carboxylic acids is 1.